The number of nitrogens with zero attached hydrogens (tertiary/aromatic N) is 1. The van der Waals surface area contributed by atoms with Crippen molar-refractivity contribution in [3.8, 4) is 0 Å². The van der Waals surface area contributed by atoms with E-state index in [1.165, 1.54) is 16.3 Å². The van der Waals surface area contributed by atoms with Crippen molar-refractivity contribution in [1.29, 1.82) is 0 Å². The zero-order valence-corrected chi connectivity index (χ0v) is 6.28. The van der Waals surface area contributed by atoms with Crippen LogP contribution in [0.15, 0.2) is 0 Å². The van der Waals surface area contributed by atoms with E-state index in [0.717, 1.165) is 12.2 Å². The summed E-state index contributed by atoms with van der Waals surface area (Å²) in [4.78, 5) is 10.5. The van der Waals surface area contributed by atoms with E-state index in [1.807, 2.05) is 0 Å². The predicted octanol–water partition coefficient (Wildman–Crippen LogP) is 0.984. The number of carbonyl (C=O) groups excluding carboxylic acids is 1. The van der Waals surface area contributed by atoms with Crippen LogP contribution < -0.4 is 5.73 Å². The molecule has 2 N–H and O–H groups in total. The first-order valence-electron chi connectivity index (χ1n) is 2.57. The molecule has 0 aliphatic carbocycles. The Labute approximate surface area is 62.7 Å². The number of halogens is 1. The maximum atomic E-state index is 10.5. The number of rotatable bonds is 0. The van der Waals surface area contributed by atoms with Crippen LogP contribution in [0, 0.1) is 0 Å². The molecule has 0 radical (unpaired) electrons. The molecule has 0 aromatic rings. The molecular formula is C4H7ClN2OS. The second-order valence-electron chi connectivity index (χ2n) is 1.72. The fourth-order valence-electron chi connectivity index (χ4n) is 0.648. The van der Waals surface area contributed by atoms with Crippen LogP contribution in [0.3, 0.4) is 0 Å². The van der Waals surface area contributed by atoms with Gasteiger partial charge in [-0.2, -0.15) is 0 Å². The molecule has 0 bridgehead atoms. The van der Waals surface area contributed by atoms with Crippen molar-refractivity contribution in [3.63, 3.8) is 0 Å². The Bertz CT molecular complexity index is 132. The van der Waals surface area contributed by atoms with Crippen molar-refractivity contribution >= 4 is 29.6 Å². The monoisotopic (exact) mass is 166 g/mol. The average Bonchev–Trinajstić information content (AvgIpc) is 2.13. The number of primary amides is 1. The highest BCUT2D eigenvalue weighted by Crippen LogP contribution is 2.28. The molecule has 0 aromatic heterocycles. The number of hydrogen-bond donors (Lipinski definition) is 1. The molecule has 1 aliphatic rings. The molecule has 3 nitrogen and oxygen atoms in total. The highest BCUT2D eigenvalue weighted by molar-refractivity contribution is 7.97. The van der Waals surface area contributed by atoms with Crippen molar-refractivity contribution < 1.29 is 4.79 Å². The molecule has 1 rings (SSSR count). The van der Waals surface area contributed by atoms with E-state index in [9.17, 15) is 4.79 Å². The average molecular weight is 167 g/mol. The van der Waals surface area contributed by atoms with Crippen LogP contribution in [0.2, 0.25) is 0 Å². The van der Waals surface area contributed by atoms with E-state index in [0.29, 0.717) is 0 Å². The van der Waals surface area contributed by atoms with Crippen LogP contribution in [-0.4, -0.2) is 21.6 Å². The van der Waals surface area contributed by atoms with Crippen LogP contribution in [0.25, 0.3) is 0 Å². The fraction of sp³-hybridized carbons (Fsp3) is 0.750. The third-order valence-corrected chi connectivity index (χ3v) is 2.72. The molecule has 1 aliphatic heterocycles. The fourth-order valence-corrected chi connectivity index (χ4v) is 2.07. The van der Waals surface area contributed by atoms with Crippen molar-refractivity contribution in [1.82, 2.24) is 4.31 Å². The Hall–Kier alpha value is -0.0900. The molecule has 52 valence electrons. The molecule has 1 fully saturated rings. The van der Waals surface area contributed by atoms with Crippen LogP contribution in [0.4, 0.5) is 4.79 Å². The van der Waals surface area contributed by atoms with Gasteiger partial charge < -0.3 is 5.73 Å². The Morgan fingerprint density at radius 2 is 2.56 bits per heavy atom. The van der Waals surface area contributed by atoms with Crippen molar-refractivity contribution in [2.24, 2.45) is 5.73 Å². The minimum absolute atomic E-state index is 0.201. The van der Waals surface area contributed by atoms with Crippen LogP contribution >= 0.6 is 23.5 Å². The van der Waals surface area contributed by atoms with Gasteiger partial charge in [0.15, 0.2) is 0 Å². The summed E-state index contributed by atoms with van der Waals surface area (Å²) in [5, 5.41) is 0. The molecule has 1 saturated heterocycles. The first-order chi connectivity index (χ1) is 4.22. The summed E-state index contributed by atoms with van der Waals surface area (Å²) < 4.78 is 1.39. The topological polar surface area (TPSA) is 46.3 Å². The SMILES string of the molecule is NC(=O)N1SCCC1Cl. The van der Waals surface area contributed by atoms with Gasteiger partial charge in [-0.3, -0.25) is 4.31 Å². The van der Waals surface area contributed by atoms with E-state index in [-0.39, 0.29) is 5.50 Å². The quantitative estimate of drug-likeness (QED) is 0.331. The smallest absolute Gasteiger partial charge is 0.326 e. The van der Waals surface area contributed by atoms with Crippen molar-refractivity contribution in [2.75, 3.05) is 5.75 Å². The molecule has 5 heteroatoms. The normalized spacial score (nSPS) is 26.8. The summed E-state index contributed by atoms with van der Waals surface area (Å²) in [6.45, 7) is 0. The summed E-state index contributed by atoms with van der Waals surface area (Å²) in [6.07, 6.45) is 0.829. The number of nitrogens with two attached hydrogens (primary N) is 1. The zero-order chi connectivity index (χ0) is 6.85. The Morgan fingerprint density at radius 1 is 1.89 bits per heavy atom. The van der Waals surface area contributed by atoms with Gasteiger partial charge >= 0.3 is 6.03 Å². The third-order valence-electron chi connectivity index (χ3n) is 1.06. The molecule has 0 spiro atoms. The molecule has 9 heavy (non-hydrogen) atoms. The largest absolute Gasteiger partial charge is 0.351 e. The lowest BCUT2D eigenvalue weighted by atomic mass is 10.5. The van der Waals surface area contributed by atoms with Gasteiger partial charge in [0.25, 0.3) is 0 Å². The van der Waals surface area contributed by atoms with Gasteiger partial charge in [-0.15, -0.1) is 0 Å². The number of hydrogen-bond acceptors (Lipinski definition) is 2. The van der Waals surface area contributed by atoms with E-state index in [4.69, 9.17) is 17.3 Å². The van der Waals surface area contributed by atoms with E-state index in [1.54, 1.807) is 0 Å². The molecular weight excluding hydrogens is 160 g/mol. The maximum Gasteiger partial charge on any atom is 0.326 e. The third kappa shape index (κ3) is 1.43. The van der Waals surface area contributed by atoms with Gasteiger partial charge in [-0.25, -0.2) is 4.79 Å². The van der Waals surface area contributed by atoms with Crippen LogP contribution in [-0.2, 0) is 0 Å². The molecule has 0 aromatic carbocycles. The highest BCUT2D eigenvalue weighted by Gasteiger charge is 2.25. The number of carbonyl (C=O) groups is 1. The predicted molar refractivity (Wildman–Crippen MR) is 38.1 cm³/mol. The maximum absolute atomic E-state index is 10.5. The van der Waals surface area contributed by atoms with E-state index < -0.39 is 6.03 Å². The summed E-state index contributed by atoms with van der Waals surface area (Å²) in [6, 6.07) is -0.447. The number of urea groups is 1. The summed E-state index contributed by atoms with van der Waals surface area (Å²) >= 11 is 7.06. The number of amides is 2. The van der Waals surface area contributed by atoms with Gasteiger partial charge in [-0.1, -0.05) is 11.6 Å². The molecule has 0 saturated carbocycles. The highest BCUT2D eigenvalue weighted by atomic mass is 35.5. The first kappa shape index (κ1) is 7.02. The summed E-state index contributed by atoms with van der Waals surface area (Å²) in [5.41, 5.74) is 4.77. The summed E-state index contributed by atoms with van der Waals surface area (Å²) in [5.74, 6) is 0.886. The molecule has 2 amide bonds. The zero-order valence-electron chi connectivity index (χ0n) is 4.71. The van der Waals surface area contributed by atoms with Gasteiger partial charge in [0.05, 0.1) is 0 Å². The molecule has 1 heterocycles. The molecule has 1 atom stereocenters. The lowest BCUT2D eigenvalue weighted by molar-refractivity contribution is 0.234. The van der Waals surface area contributed by atoms with Crippen molar-refractivity contribution in [2.45, 2.75) is 11.9 Å². The van der Waals surface area contributed by atoms with Gasteiger partial charge in [0.2, 0.25) is 0 Å². The Balaban J connectivity index is 2.49. The minimum Gasteiger partial charge on any atom is -0.351 e. The first-order valence-corrected chi connectivity index (χ1v) is 3.95. The molecule has 1 unspecified atom stereocenters. The van der Waals surface area contributed by atoms with Crippen LogP contribution in [0.1, 0.15) is 6.42 Å². The van der Waals surface area contributed by atoms with Crippen molar-refractivity contribution in [3.05, 3.63) is 0 Å². The summed E-state index contributed by atoms with van der Waals surface area (Å²) in [7, 11) is 0. The van der Waals surface area contributed by atoms with Gasteiger partial charge in [0.1, 0.15) is 5.50 Å². The standard InChI is InChI=1S/C4H7ClN2OS/c5-3-1-2-9-7(3)4(6)8/h3H,1-2H2,(H2,6,8). The van der Waals surface area contributed by atoms with Gasteiger partial charge in [-0.05, 0) is 18.4 Å². The Morgan fingerprint density at radius 3 is 2.78 bits per heavy atom. The minimum atomic E-state index is -0.447. The Kier molecular flexibility index (Phi) is 2.08. The second kappa shape index (κ2) is 2.66. The lowest BCUT2D eigenvalue weighted by Crippen LogP contribution is -2.31. The van der Waals surface area contributed by atoms with E-state index in [2.05, 4.69) is 0 Å². The second-order valence-corrected chi connectivity index (χ2v) is 3.28. The number of alkyl halides is 1. The van der Waals surface area contributed by atoms with E-state index >= 15 is 0 Å². The lowest BCUT2D eigenvalue weighted by Gasteiger charge is -2.13. The van der Waals surface area contributed by atoms with Crippen LogP contribution in [0.5, 0.6) is 0 Å². The van der Waals surface area contributed by atoms with Gasteiger partial charge in [0, 0.05) is 5.75 Å².